The molecule has 1 nitrogen and oxygen atoms in total. The van der Waals surface area contributed by atoms with Gasteiger partial charge < -0.3 is 4.74 Å². The predicted octanol–water partition coefficient (Wildman–Crippen LogP) is 3.47. The monoisotopic (exact) mass is 192 g/mol. The van der Waals surface area contributed by atoms with Crippen LogP contribution >= 0.6 is 0 Å². The maximum atomic E-state index is 6.17. The number of allylic oxidation sites excluding steroid dienone is 1. The van der Waals surface area contributed by atoms with Crippen molar-refractivity contribution in [3.05, 3.63) is 24.3 Å². The smallest absolute Gasteiger partial charge is 0.0983 e. The molecule has 0 bridgehead atoms. The molecule has 0 saturated carbocycles. The van der Waals surface area contributed by atoms with E-state index in [0.29, 0.717) is 6.10 Å². The minimum atomic E-state index is -0.0822. The van der Waals surface area contributed by atoms with Crippen molar-refractivity contribution < 1.29 is 4.74 Å². The second-order valence-corrected chi connectivity index (χ2v) is 5.31. The lowest BCUT2D eigenvalue weighted by Gasteiger charge is -2.46. The third kappa shape index (κ3) is 1.18. The van der Waals surface area contributed by atoms with Gasteiger partial charge in [0.2, 0.25) is 0 Å². The van der Waals surface area contributed by atoms with Gasteiger partial charge in [0.1, 0.15) is 0 Å². The van der Waals surface area contributed by atoms with Crippen molar-refractivity contribution >= 4 is 0 Å². The molecule has 1 aliphatic carbocycles. The van der Waals surface area contributed by atoms with Gasteiger partial charge in [-0.05, 0) is 31.8 Å². The Morgan fingerprint density at radius 2 is 2.21 bits per heavy atom. The van der Waals surface area contributed by atoms with Crippen molar-refractivity contribution in [1.29, 1.82) is 0 Å². The summed E-state index contributed by atoms with van der Waals surface area (Å²) in [6, 6.07) is 0. The third-order valence-corrected chi connectivity index (χ3v) is 3.86. The first-order chi connectivity index (χ1) is 6.48. The fourth-order valence-electron chi connectivity index (χ4n) is 2.83. The molecule has 0 amide bonds. The molecular formula is C13H20O. The molecule has 1 heterocycles. The molecule has 0 N–H and O–H groups in total. The molecule has 0 aromatic rings. The lowest BCUT2D eigenvalue weighted by atomic mass is 9.65. The lowest BCUT2D eigenvalue weighted by Crippen LogP contribution is -2.47. The van der Waals surface area contributed by atoms with Crippen LogP contribution < -0.4 is 0 Å². The van der Waals surface area contributed by atoms with Crippen LogP contribution in [0.15, 0.2) is 24.3 Å². The highest BCUT2D eigenvalue weighted by Crippen LogP contribution is 2.52. The average Bonchev–Trinajstić information content (AvgIpc) is 2.46. The second-order valence-electron chi connectivity index (χ2n) is 5.31. The molecule has 0 unspecified atom stereocenters. The fraction of sp³-hybridized carbons (Fsp3) is 0.692. The van der Waals surface area contributed by atoms with E-state index in [9.17, 15) is 0 Å². The molecular weight excluding hydrogens is 172 g/mol. The van der Waals surface area contributed by atoms with E-state index in [2.05, 4.69) is 39.5 Å². The van der Waals surface area contributed by atoms with E-state index in [0.717, 1.165) is 24.8 Å². The number of ether oxygens (including phenoxy) is 1. The molecule has 0 aromatic carbocycles. The zero-order valence-corrected chi connectivity index (χ0v) is 9.47. The first-order valence-electron chi connectivity index (χ1n) is 5.52. The molecule has 0 aromatic heterocycles. The van der Waals surface area contributed by atoms with E-state index in [1.807, 2.05) is 0 Å². The molecule has 2 atom stereocenters. The highest BCUT2D eigenvalue weighted by Gasteiger charge is 2.52. The molecule has 78 valence electrons. The van der Waals surface area contributed by atoms with Crippen molar-refractivity contribution in [3.63, 3.8) is 0 Å². The quantitative estimate of drug-likeness (QED) is 0.571. The highest BCUT2D eigenvalue weighted by atomic mass is 16.5. The highest BCUT2D eigenvalue weighted by molar-refractivity contribution is 5.34. The molecule has 2 aliphatic rings. The van der Waals surface area contributed by atoms with Crippen LogP contribution in [0.1, 0.15) is 40.0 Å². The second kappa shape index (κ2) is 2.96. The maximum absolute atomic E-state index is 6.17. The summed E-state index contributed by atoms with van der Waals surface area (Å²) in [5, 5.41) is 0. The maximum Gasteiger partial charge on any atom is 0.0983 e. The minimum absolute atomic E-state index is 0.0822. The van der Waals surface area contributed by atoms with Gasteiger partial charge >= 0.3 is 0 Å². The number of hydrogen-bond donors (Lipinski definition) is 0. The van der Waals surface area contributed by atoms with Crippen LogP contribution in [0.5, 0.6) is 0 Å². The van der Waals surface area contributed by atoms with Crippen molar-refractivity contribution in [2.24, 2.45) is 5.41 Å². The Balaban J connectivity index is 2.39. The zero-order valence-electron chi connectivity index (χ0n) is 9.47. The fourth-order valence-corrected chi connectivity index (χ4v) is 2.83. The van der Waals surface area contributed by atoms with E-state index in [-0.39, 0.29) is 11.0 Å². The van der Waals surface area contributed by atoms with Crippen LogP contribution in [-0.4, -0.2) is 11.7 Å². The molecule has 14 heavy (non-hydrogen) atoms. The van der Waals surface area contributed by atoms with Gasteiger partial charge in [-0.1, -0.05) is 32.6 Å². The van der Waals surface area contributed by atoms with Crippen LogP contribution in [-0.2, 0) is 4.74 Å². The average molecular weight is 192 g/mol. The summed E-state index contributed by atoms with van der Waals surface area (Å²) in [5.74, 6) is 0. The predicted molar refractivity (Wildman–Crippen MR) is 59.2 cm³/mol. The zero-order chi connectivity index (χ0) is 10.4. The summed E-state index contributed by atoms with van der Waals surface area (Å²) in [5.41, 5.74) is 1.28. The van der Waals surface area contributed by atoms with Crippen LogP contribution in [0, 0.1) is 5.41 Å². The first-order valence-corrected chi connectivity index (χ1v) is 5.52. The van der Waals surface area contributed by atoms with E-state index in [4.69, 9.17) is 4.74 Å². The minimum Gasteiger partial charge on any atom is -0.367 e. The normalized spacial score (nSPS) is 40.8. The van der Waals surface area contributed by atoms with Gasteiger partial charge in [-0.25, -0.2) is 0 Å². The molecule has 1 saturated heterocycles. The van der Waals surface area contributed by atoms with Gasteiger partial charge in [0.15, 0.2) is 0 Å². The van der Waals surface area contributed by atoms with Gasteiger partial charge in [0.25, 0.3) is 0 Å². The van der Waals surface area contributed by atoms with E-state index < -0.39 is 0 Å². The van der Waals surface area contributed by atoms with Crippen LogP contribution in [0.2, 0.25) is 0 Å². The SMILES string of the molecule is C=C1C=CCC(C)(C)[C@]12CC[C@H](C)O2. The Morgan fingerprint density at radius 3 is 2.71 bits per heavy atom. The van der Waals surface area contributed by atoms with Gasteiger partial charge in [-0.3, -0.25) is 0 Å². The molecule has 1 heteroatoms. The van der Waals surface area contributed by atoms with Crippen LogP contribution in [0.4, 0.5) is 0 Å². The number of hydrogen-bond acceptors (Lipinski definition) is 1. The summed E-state index contributed by atoms with van der Waals surface area (Å²) < 4.78 is 6.17. The van der Waals surface area contributed by atoms with Gasteiger partial charge in [-0.2, -0.15) is 0 Å². The molecule has 1 spiro atoms. The Labute approximate surface area is 86.8 Å². The Bertz CT molecular complexity index is 288. The van der Waals surface area contributed by atoms with E-state index in [1.165, 1.54) is 0 Å². The summed E-state index contributed by atoms with van der Waals surface area (Å²) in [6.07, 6.45) is 8.14. The molecule has 1 fully saturated rings. The summed E-state index contributed by atoms with van der Waals surface area (Å²) >= 11 is 0. The Hall–Kier alpha value is -0.560. The number of rotatable bonds is 0. The van der Waals surface area contributed by atoms with E-state index >= 15 is 0 Å². The Kier molecular flexibility index (Phi) is 2.11. The van der Waals surface area contributed by atoms with Crippen molar-refractivity contribution in [1.82, 2.24) is 0 Å². The largest absolute Gasteiger partial charge is 0.367 e. The summed E-state index contributed by atoms with van der Waals surface area (Å²) in [7, 11) is 0. The summed E-state index contributed by atoms with van der Waals surface area (Å²) in [6.45, 7) is 10.9. The van der Waals surface area contributed by atoms with Crippen molar-refractivity contribution in [3.8, 4) is 0 Å². The summed E-state index contributed by atoms with van der Waals surface area (Å²) in [4.78, 5) is 0. The van der Waals surface area contributed by atoms with Gasteiger partial charge in [-0.15, -0.1) is 0 Å². The van der Waals surface area contributed by atoms with Crippen LogP contribution in [0.25, 0.3) is 0 Å². The first kappa shape index (κ1) is 9.97. The Morgan fingerprint density at radius 1 is 1.50 bits per heavy atom. The topological polar surface area (TPSA) is 9.23 Å². The lowest BCUT2D eigenvalue weighted by molar-refractivity contribution is -0.0828. The van der Waals surface area contributed by atoms with Gasteiger partial charge in [0, 0.05) is 5.41 Å². The third-order valence-electron chi connectivity index (χ3n) is 3.86. The molecule has 2 rings (SSSR count). The van der Waals surface area contributed by atoms with Gasteiger partial charge in [0.05, 0.1) is 11.7 Å². The van der Waals surface area contributed by atoms with Crippen molar-refractivity contribution in [2.45, 2.75) is 51.7 Å². The van der Waals surface area contributed by atoms with Crippen molar-refractivity contribution in [2.75, 3.05) is 0 Å². The standard InChI is InChI=1S/C13H20O/c1-10-6-5-8-12(3,4)13(10)9-7-11(2)14-13/h5-6,11H,1,7-9H2,2-4H3/t11-,13-/m0/s1. The van der Waals surface area contributed by atoms with Crippen LogP contribution in [0.3, 0.4) is 0 Å². The van der Waals surface area contributed by atoms with E-state index in [1.54, 1.807) is 0 Å². The molecule has 0 radical (unpaired) electrons. The molecule has 1 aliphatic heterocycles.